The van der Waals surface area contributed by atoms with Gasteiger partial charge in [-0.15, -0.1) is 0 Å². The van der Waals surface area contributed by atoms with Crippen molar-refractivity contribution in [2.75, 3.05) is 0 Å². The Morgan fingerprint density at radius 2 is 1.76 bits per heavy atom. The fraction of sp³-hybridized carbons (Fsp3) is 0.444. The smallest absolute Gasteiger partial charge is 0.0753 e. The van der Waals surface area contributed by atoms with Crippen molar-refractivity contribution in [2.45, 2.75) is 45.7 Å². The van der Waals surface area contributed by atoms with Gasteiger partial charge in [0.15, 0.2) is 0 Å². The molecule has 1 aromatic heterocycles. The first-order chi connectivity index (χ1) is 10.3. The first kappa shape index (κ1) is 15.6. The zero-order valence-corrected chi connectivity index (χ0v) is 13.2. The lowest BCUT2D eigenvalue weighted by Gasteiger charge is -2.30. The van der Waals surface area contributed by atoms with Gasteiger partial charge in [-0.1, -0.05) is 57.0 Å². The molecule has 0 aliphatic heterocycles. The molecule has 0 saturated heterocycles. The first-order valence-electron chi connectivity index (χ1n) is 7.83. The highest BCUT2D eigenvalue weighted by Crippen LogP contribution is 2.29. The van der Waals surface area contributed by atoms with E-state index in [0.29, 0.717) is 12.0 Å². The fourth-order valence-electron chi connectivity index (χ4n) is 2.81. The third-order valence-electron chi connectivity index (χ3n) is 4.14. The van der Waals surface area contributed by atoms with Gasteiger partial charge in [0.2, 0.25) is 0 Å². The molecule has 2 aromatic rings. The van der Waals surface area contributed by atoms with Crippen molar-refractivity contribution in [1.29, 1.82) is 0 Å². The van der Waals surface area contributed by atoms with Crippen LogP contribution in [0.5, 0.6) is 0 Å². The average Bonchev–Trinajstić information content (AvgIpc) is 2.56. The van der Waals surface area contributed by atoms with Crippen LogP contribution in [0.1, 0.15) is 57.0 Å². The predicted octanol–water partition coefficient (Wildman–Crippen LogP) is 4.30. The third kappa shape index (κ3) is 4.11. The summed E-state index contributed by atoms with van der Waals surface area (Å²) in [7, 11) is 0. The Labute approximate surface area is 127 Å². The van der Waals surface area contributed by atoms with Gasteiger partial charge in [-0.05, 0) is 18.4 Å². The highest BCUT2D eigenvalue weighted by molar-refractivity contribution is 5.20. The normalized spacial score (nSPS) is 14.1. The highest BCUT2D eigenvalue weighted by atomic mass is 15.0. The summed E-state index contributed by atoms with van der Waals surface area (Å²) in [4.78, 5) is 8.58. The molecule has 0 fully saturated rings. The molecule has 0 saturated carbocycles. The summed E-state index contributed by atoms with van der Waals surface area (Å²) in [6, 6.07) is 11.2. The molecule has 112 valence electrons. The third-order valence-corrected chi connectivity index (χ3v) is 4.14. The lowest BCUT2D eigenvalue weighted by Crippen LogP contribution is -2.30. The molecule has 3 nitrogen and oxygen atoms in total. The Morgan fingerprint density at radius 1 is 1.05 bits per heavy atom. The van der Waals surface area contributed by atoms with E-state index in [2.05, 4.69) is 66.4 Å². The summed E-state index contributed by atoms with van der Waals surface area (Å²) in [6.07, 6.45) is 7.63. The molecule has 2 atom stereocenters. The van der Waals surface area contributed by atoms with Gasteiger partial charge in [0.1, 0.15) is 0 Å². The van der Waals surface area contributed by atoms with Crippen LogP contribution in [-0.4, -0.2) is 9.97 Å². The van der Waals surface area contributed by atoms with E-state index in [0.717, 1.165) is 18.5 Å². The molecular formula is C18H25N3. The molecule has 0 radical (unpaired) electrons. The van der Waals surface area contributed by atoms with Crippen LogP contribution in [0.15, 0.2) is 48.9 Å². The molecule has 0 aliphatic carbocycles. The van der Waals surface area contributed by atoms with Crippen molar-refractivity contribution in [3.63, 3.8) is 0 Å². The van der Waals surface area contributed by atoms with Crippen LogP contribution in [-0.2, 0) is 0 Å². The summed E-state index contributed by atoms with van der Waals surface area (Å²) in [5.41, 5.74) is 2.34. The molecule has 1 N–H and O–H groups in total. The molecule has 3 heteroatoms. The zero-order chi connectivity index (χ0) is 15.1. The summed E-state index contributed by atoms with van der Waals surface area (Å²) in [5, 5.41) is 3.75. The van der Waals surface area contributed by atoms with E-state index in [-0.39, 0.29) is 6.04 Å². The van der Waals surface area contributed by atoms with Gasteiger partial charge in [0.25, 0.3) is 0 Å². The van der Waals surface area contributed by atoms with Crippen molar-refractivity contribution in [1.82, 2.24) is 15.3 Å². The maximum Gasteiger partial charge on any atom is 0.0753 e. The van der Waals surface area contributed by atoms with Crippen LogP contribution in [0.25, 0.3) is 0 Å². The van der Waals surface area contributed by atoms with E-state index in [1.165, 1.54) is 5.56 Å². The maximum absolute atomic E-state index is 4.41. The average molecular weight is 283 g/mol. The van der Waals surface area contributed by atoms with E-state index in [1.54, 1.807) is 12.4 Å². The van der Waals surface area contributed by atoms with E-state index in [1.807, 2.05) is 6.20 Å². The first-order valence-corrected chi connectivity index (χ1v) is 7.83. The second-order valence-electron chi connectivity index (χ2n) is 5.48. The molecular weight excluding hydrogens is 258 g/mol. The molecule has 0 amide bonds. The van der Waals surface area contributed by atoms with Crippen LogP contribution in [0.3, 0.4) is 0 Å². The lowest BCUT2D eigenvalue weighted by atomic mass is 9.88. The molecule has 0 aliphatic rings. The van der Waals surface area contributed by atoms with Crippen molar-refractivity contribution in [3.05, 3.63) is 60.2 Å². The summed E-state index contributed by atoms with van der Waals surface area (Å²) < 4.78 is 0. The monoisotopic (exact) mass is 283 g/mol. The Hall–Kier alpha value is -1.74. The quantitative estimate of drug-likeness (QED) is 0.823. The van der Waals surface area contributed by atoms with Crippen molar-refractivity contribution in [3.8, 4) is 0 Å². The highest BCUT2D eigenvalue weighted by Gasteiger charge is 2.22. The van der Waals surface area contributed by atoms with E-state index >= 15 is 0 Å². The molecule has 0 bridgehead atoms. The summed E-state index contributed by atoms with van der Waals surface area (Å²) in [6.45, 7) is 6.68. The van der Waals surface area contributed by atoms with Gasteiger partial charge in [0, 0.05) is 30.7 Å². The molecule has 1 heterocycles. The minimum Gasteiger partial charge on any atom is -0.302 e. The number of nitrogens with zero attached hydrogens (tertiary/aromatic N) is 2. The summed E-state index contributed by atoms with van der Waals surface area (Å²) in [5.74, 6) is 0.617. The number of nitrogens with one attached hydrogen (secondary N) is 1. The van der Waals surface area contributed by atoms with Crippen molar-refractivity contribution in [2.24, 2.45) is 5.92 Å². The van der Waals surface area contributed by atoms with Crippen molar-refractivity contribution >= 4 is 0 Å². The van der Waals surface area contributed by atoms with E-state index in [9.17, 15) is 0 Å². The summed E-state index contributed by atoms with van der Waals surface area (Å²) >= 11 is 0. The second kappa shape index (κ2) is 7.89. The zero-order valence-electron chi connectivity index (χ0n) is 13.2. The van der Waals surface area contributed by atoms with Crippen LogP contribution < -0.4 is 5.32 Å². The Morgan fingerprint density at radius 3 is 2.33 bits per heavy atom. The van der Waals surface area contributed by atoms with E-state index < -0.39 is 0 Å². The van der Waals surface area contributed by atoms with Crippen LogP contribution >= 0.6 is 0 Å². The van der Waals surface area contributed by atoms with Crippen LogP contribution in [0.2, 0.25) is 0 Å². The Kier molecular flexibility index (Phi) is 5.88. The Balaban J connectivity index is 2.20. The maximum atomic E-state index is 4.41. The minimum absolute atomic E-state index is 0.185. The van der Waals surface area contributed by atoms with E-state index in [4.69, 9.17) is 0 Å². The number of aromatic nitrogens is 2. The standard InChI is InChI=1S/C18H25N3/c1-4-15(5-2)18(16-9-7-6-8-10-16)21-14(3)17-13-19-11-12-20-17/h6-15,18,21H,4-5H2,1-3H3. The van der Waals surface area contributed by atoms with Crippen LogP contribution in [0, 0.1) is 5.92 Å². The molecule has 2 unspecified atom stereocenters. The second-order valence-corrected chi connectivity index (χ2v) is 5.48. The van der Waals surface area contributed by atoms with Gasteiger partial charge >= 0.3 is 0 Å². The van der Waals surface area contributed by atoms with Crippen molar-refractivity contribution < 1.29 is 0 Å². The largest absolute Gasteiger partial charge is 0.302 e. The number of hydrogen-bond acceptors (Lipinski definition) is 3. The van der Waals surface area contributed by atoms with Gasteiger partial charge < -0.3 is 5.32 Å². The van der Waals surface area contributed by atoms with Crippen LogP contribution in [0.4, 0.5) is 0 Å². The Bertz CT molecular complexity index is 509. The van der Waals surface area contributed by atoms with Gasteiger partial charge in [0.05, 0.1) is 5.69 Å². The number of rotatable bonds is 7. The predicted molar refractivity (Wildman–Crippen MR) is 86.8 cm³/mol. The van der Waals surface area contributed by atoms with Gasteiger partial charge in [-0.25, -0.2) is 0 Å². The van der Waals surface area contributed by atoms with Gasteiger partial charge in [-0.2, -0.15) is 0 Å². The number of hydrogen-bond donors (Lipinski definition) is 1. The molecule has 0 spiro atoms. The number of benzene rings is 1. The molecule has 1 aromatic carbocycles. The lowest BCUT2D eigenvalue weighted by molar-refractivity contribution is 0.314. The van der Waals surface area contributed by atoms with Gasteiger partial charge in [-0.3, -0.25) is 9.97 Å². The SMILES string of the molecule is CCC(CC)C(NC(C)c1cnccn1)c1ccccc1. The molecule has 21 heavy (non-hydrogen) atoms. The molecule has 2 rings (SSSR count). The topological polar surface area (TPSA) is 37.8 Å². The fourth-order valence-corrected chi connectivity index (χ4v) is 2.81. The minimum atomic E-state index is 0.185.